The highest BCUT2D eigenvalue weighted by Crippen LogP contribution is 2.11. The lowest BCUT2D eigenvalue weighted by molar-refractivity contribution is 0.0594. The molecule has 0 aliphatic heterocycles. The minimum atomic E-state index is -0.565. The van der Waals surface area contributed by atoms with Crippen LogP contribution in [0.25, 0.3) is 0 Å². The van der Waals surface area contributed by atoms with Crippen molar-refractivity contribution in [1.29, 1.82) is 0 Å². The Hall–Kier alpha value is -2.05. The van der Waals surface area contributed by atoms with Gasteiger partial charge in [-0.25, -0.2) is 14.6 Å². The van der Waals surface area contributed by atoms with Gasteiger partial charge in [0.1, 0.15) is 6.26 Å². The van der Waals surface area contributed by atoms with E-state index < -0.39 is 5.97 Å². The molecule has 0 atom stereocenters. The van der Waals surface area contributed by atoms with E-state index in [0.717, 1.165) is 0 Å². The molecular formula is C12H19N3O4. The summed E-state index contributed by atoms with van der Waals surface area (Å²) in [6.07, 6.45) is 1.22. The van der Waals surface area contributed by atoms with Gasteiger partial charge < -0.3 is 19.0 Å². The molecule has 1 heterocycles. The molecule has 0 spiro atoms. The third kappa shape index (κ3) is 3.70. The molecule has 7 nitrogen and oxygen atoms in total. The molecule has 106 valence electrons. The Balaban J connectivity index is 2.83. The number of oxazole rings is 1. The lowest BCUT2D eigenvalue weighted by Gasteiger charge is -2.28. The monoisotopic (exact) mass is 269 g/mol. The number of urea groups is 1. The summed E-state index contributed by atoms with van der Waals surface area (Å²) in [5.74, 6) is -0.269. The molecule has 0 radical (unpaired) electrons. The van der Waals surface area contributed by atoms with E-state index in [2.05, 4.69) is 9.72 Å². The van der Waals surface area contributed by atoms with Crippen LogP contribution in [-0.4, -0.2) is 54.0 Å². The number of ether oxygens (including phenoxy) is 1. The van der Waals surface area contributed by atoms with Crippen molar-refractivity contribution in [3.8, 4) is 0 Å². The number of methoxy groups -OCH3 is 1. The van der Waals surface area contributed by atoms with Crippen molar-refractivity contribution in [3.05, 3.63) is 17.8 Å². The number of esters is 1. The number of hydrogen-bond donors (Lipinski definition) is 0. The van der Waals surface area contributed by atoms with Gasteiger partial charge in [0.2, 0.25) is 5.89 Å². The highest BCUT2D eigenvalue weighted by atomic mass is 16.5. The fraction of sp³-hybridized carbons (Fsp3) is 0.583. The molecule has 2 amide bonds. The van der Waals surface area contributed by atoms with Crippen LogP contribution >= 0.6 is 0 Å². The van der Waals surface area contributed by atoms with Crippen LogP contribution in [0, 0.1) is 0 Å². The maximum absolute atomic E-state index is 12.0. The normalized spacial score (nSPS) is 10.4. The third-order valence-electron chi connectivity index (χ3n) is 2.50. The lowest BCUT2D eigenvalue weighted by atomic mass is 10.3. The minimum absolute atomic E-state index is 0.0108. The van der Waals surface area contributed by atoms with E-state index in [-0.39, 0.29) is 24.3 Å². The zero-order chi connectivity index (χ0) is 14.6. The van der Waals surface area contributed by atoms with Gasteiger partial charge in [0.15, 0.2) is 5.69 Å². The van der Waals surface area contributed by atoms with Crippen molar-refractivity contribution in [2.24, 2.45) is 0 Å². The first-order valence-corrected chi connectivity index (χ1v) is 5.87. The molecule has 1 rings (SSSR count). The van der Waals surface area contributed by atoms with Gasteiger partial charge in [-0.3, -0.25) is 0 Å². The van der Waals surface area contributed by atoms with Crippen LogP contribution in [-0.2, 0) is 11.3 Å². The maximum Gasteiger partial charge on any atom is 0.360 e. The Morgan fingerprint density at radius 2 is 2.05 bits per heavy atom. The van der Waals surface area contributed by atoms with Crippen LogP contribution < -0.4 is 0 Å². The van der Waals surface area contributed by atoms with Gasteiger partial charge >= 0.3 is 12.0 Å². The number of aromatic nitrogens is 1. The molecule has 7 heteroatoms. The highest BCUT2D eigenvalue weighted by molar-refractivity contribution is 5.86. The van der Waals surface area contributed by atoms with Crippen LogP contribution in [0.1, 0.15) is 30.2 Å². The molecule has 0 aliphatic rings. The standard InChI is InChI=1S/C12H19N3O4/c1-8(2)15(12(17)14(3)4)6-10-13-9(7-19-10)11(16)18-5/h7-8H,6H2,1-5H3. The Bertz CT molecular complexity index is 454. The Kier molecular flexibility index (Phi) is 4.91. The fourth-order valence-electron chi connectivity index (χ4n) is 1.46. The van der Waals surface area contributed by atoms with Crippen molar-refractivity contribution in [2.45, 2.75) is 26.4 Å². The van der Waals surface area contributed by atoms with Gasteiger partial charge in [0.05, 0.1) is 13.7 Å². The molecular weight excluding hydrogens is 250 g/mol. The van der Waals surface area contributed by atoms with Crippen molar-refractivity contribution >= 4 is 12.0 Å². The van der Waals surface area contributed by atoms with E-state index in [1.165, 1.54) is 18.3 Å². The molecule has 19 heavy (non-hydrogen) atoms. The Morgan fingerprint density at radius 3 is 2.53 bits per heavy atom. The number of carbonyl (C=O) groups is 2. The van der Waals surface area contributed by atoms with Gasteiger partial charge in [0.25, 0.3) is 0 Å². The molecule has 0 unspecified atom stereocenters. The average Bonchev–Trinajstić information content (AvgIpc) is 2.82. The smallest absolute Gasteiger partial charge is 0.360 e. The van der Waals surface area contributed by atoms with Crippen molar-refractivity contribution in [3.63, 3.8) is 0 Å². The SMILES string of the molecule is COC(=O)c1coc(CN(C(=O)N(C)C)C(C)C)n1. The highest BCUT2D eigenvalue weighted by Gasteiger charge is 2.22. The van der Waals surface area contributed by atoms with Crippen molar-refractivity contribution < 1.29 is 18.7 Å². The van der Waals surface area contributed by atoms with Crippen LogP contribution in [0.3, 0.4) is 0 Å². The minimum Gasteiger partial charge on any atom is -0.464 e. The van der Waals surface area contributed by atoms with E-state index >= 15 is 0 Å². The molecule has 0 bridgehead atoms. The van der Waals surface area contributed by atoms with E-state index in [9.17, 15) is 9.59 Å². The lowest BCUT2D eigenvalue weighted by Crippen LogP contribution is -2.42. The van der Waals surface area contributed by atoms with Gasteiger partial charge in [-0.05, 0) is 13.8 Å². The first-order chi connectivity index (χ1) is 8.86. The van der Waals surface area contributed by atoms with Gasteiger partial charge in [-0.2, -0.15) is 0 Å². The summed E-state index contributed by atoms with van der Waals surface area (Å²) in [6, 6.07) is -0.156. The summed E-state index contributed by atoms with van der Waals surface area (Å²) in [4.78, 5) is 30.3. The van der Waals surface area contributed by atoms with Crippen LogP contribution in [0.4, 0.5) is 4.79 Å². The summed E-state index contributed by atoms with van der Waals surface area (Å²) >= 11 is 0. The van der Waals surface area contributed by atoms with Crippen molar-refractivity contribution in [2.75, 3.05) is 21.2 Å². The van der Waals surface area contributed by atoms with Gasteiger partial charge in [-0.1, -0.05) is 0 Å². The first-order valence-electron chi connectivity index (χ1n) is 5.87. The molecule has 0 fully saturated rings. The number of carbonyl (C=O) groups excluding carboxylic acids is 2. The second kappa shape index (κ2) is 6.21. The van der Waals surface area contributed by atoms with Crippen LogP contribution in [0.5, 0.6) is 0 Å². The zero-order valence-corrected chi connectivity index (χ0v) is 11.8. The summed E-state index contributed by atoms with van der Waals surface area (Å²) in [5, 5.41) is 0. The second-order valence-corrected chi connectivity index (χ2v) is 4.52. The van der Waals surface area contributed by atoms with Gasteiger partial charge in [0, 0.05) is 20.1 Å². The van der Waals surface area contributed by atoms with Crippen molar-refractivity contribution in [1.82, 2.24) is 14.8 Å². The Labute approximate surface area is 112 Å². The summed E-state index contributed by atoms with van der Waals surface area (Å²) in [5.41, 5.74) is 0.0958. The van der Waals surface area contributed by atoms with Crippen LogP contribution in [0.15, 0.2) is 10.7 Å². The topological polar surface area (TPSA) is 75.9 Å². The molecule has 0 saturated carbocycles. The zero-order valence-electron chi connectivity index (χ0n) is 11.8. The van der Waals surface area contributed by atoms with E-state index in [4.69, 9.17) is 4.42 Å². The maximum atomic E-state index is 12.0. The fourth-order valence-corrected chi connectivity index (χ4v) is 1.46. The number of amides is 2. The number of rotatable bonds is 4. The van der Waals surface area contributed by atoms with Gasteiger partial charge in [-0.15, -0.1) is 0 Å². The second-order valence-electron chi connectivity index (χ2n) is 4.52. The molecule has 0 aliphatic carbocycles. The van der Waals surface area contributed by atoms with E-state index in [0.29, 0.717) is 5.89 Å². The summed E-state index contributed by atoms with van der Waals surface area (Å²) in [6.45, 7) is 3.99. The third-order valence-corrected chi connectivity index (χ3v) is 2.50. The Morgan fingerprint density at radius 1 is 1.42 bits per heavy atom. The molecule has 0 saturated heterocycles. The number of nitrogens with zero attached hydrogens (tertiary/aromatic N) is 3. The molecule has 1 aromatic heterocycles. The first kappa shape index (κ1) is 15.0. The summed E-state index contributed by atoms with van der Waals surface area (Å²) in [7, 11) is 4.62. The predicted molar refractivity (Wildman–Crippen MR) is 67.6 cm³/mol. The quantitative estimate of drug-likeness (QED) is 0.771. The number of hydrogen-bond acceptors (Lipinski definition) is 5. The predicted octanol–water partition coefficient (Wildman–Crippen LogP) is 1.35. The van der Waals surface area contributed by atoms with Crippen LogP contribution in [0.2, 0.25) is 0 Å². The molecule has 0 aromatic carbocycles. The summed E-state index contributed by atoms with van der Waals surface area (Å²) < 4.78 is 9.71. The average molecular weight is 269 g/mol. The largest absolute Gasteiger partial charge is 0.464 e. The molecule has 1 aromatic rings. The van der Waals surface area contributed by atoms with E-state index in [1.807, 2.05) is 13.8 Å². The van der Waals surface area contributed by atoms with E-state index in [1.54, 1.807) is 19.0 Å². The molecule has 0 N–H and O–H groups in total.